The molecule has 2 fully saturated rings. The molecule has 7 heteroatoms. The van der Waals surface area contributed by atoms with Crippen LogP contribution in [0.5, 0.6) is 0 Å². The van der Waals surface area contributed by atoms with Crippen LogP contribution in [0, 0.1) is 0 Å². The average Bonchev–Trinajstić information content (AvgIpc) is 3.21. The molecule has 0 atom stereocenters. The summed E-state index contributed by atoms with van der Waals surface area (Å²) in [5.41, 5.74) is 2.87. The number of hydrogen-bond donors (Lipinski definition) is 0. The molecule has 0 N–H and O–H groups in total. The zero-order valence-electron chi connectivity index (χ0n) is 14.6. The van der Waals surface area contributed by atoms with Gasteiger partial charge in [0.15, 0.2) is 5.82 Å². The van der Waals surface area contributed by atoms with Gasteiger partial charge in [0.2, 0.25) is 5.89 Å². The third-order valence-corrected chi connectivity index (χ3v) is 5.06. The van der Waals surface area contributed by atoms with Gasteiger partial charge in [0, 0.05) is 63.4 Å². The highest BCUT2D eigenvalue weighted by atomic mass is 16.5. The minimum atomic E-state index is 0.729. The molecule has 2 aliphatic rings. The maximum atomic E-state index is 5.19. The zero-order valence-corrected chi connectivity index (χ0v) is 14.6. The van der Waals surface area contributed by atoms with Crippen molar-refractivity contribution in [1.29, 1.82) is 0 Å². The van der Waals surface area contributed by atoms with Gasteiger partial charge >= 0.3 is 0 Å². The van der Waals surface area contributed by atoms with E-state index in [0.717, 1.165) is 63.3 Å². The first kappa shape index (κ1) is 15.8. The molecule has 130 valence electrons. The lowest BCUT2D eigenvalue weighted by molar-refractivity contribution is 0.119. The van der Waals surface area contributed by atoms with E-state index in [1.165, 1.54) is 24.1 Å². The lowest BCUT2D eigenvalue weighted by atomic mass is 10.1. The summed E-state index contributed by atoms with van der Waals surface area (Å²) in [6.45, 7) is 8.11. The summed E-state index contributed by atoms with van der Waals surface area (Å²) < 4.78 is 7.27. The van der Waals surface area contributed by atoms with E-state index in [1.807, 2.05) is 6.92 Å². The van der Waals surface area contributed by atoms with Crippen LogP contribution in [0.4, 0.5) is 0 Å². The lowest BCUT2D eigenvalue weighted by Crippen LogP contribution is -2.45. The summed E-state index contributed by atoms with van der Waals surface area (Å²) in [6, 6.07) is 0. The highest BCUT2D eigenvalue weighted by Gasteiger charge is 2.30. The molecule has 4 rings (SSSR count). The van der Waals surface area contributed by atoms with Gasteiger partial charge in [-0.1, -0.05) is 12.1 Å². The van der Waals surface area contributed by atoms with Crippen LogP contribution in [0.1, 0.15) is 48.7 Å². The molecule has 3 heterocycles. The van der Waals surface area contributed by atoms with Crippen molar-refractivity contribution in [3.05, 3.63) is 29.2 Å². The summed E-state index contributed by atoms with van der Waals surface area (Å²) >= 11 is 0. The Morgan fingerprint density at radius 1 is 1.12 bits per heavy atom. The number of piperazine rings is 1. The molecule has 1 saturated heterocycles. The van der Waals surface area contributed by atoms with E-state index < -0.39 is 0 Å². The smallest absolute Gasteiger partial charge is 0.226 e. The van der Waals surface area contributed by atoms with Gasteiger partial charge in [-0.15, -0.1) is 0 Å². The van der Waals surface area contributed by atoms with Crippen LogP contribution in [0.3, 0.4) is 0 Å². The average molecular weight is 330 g/mol. The van der Waals surface area contributed by atoms with Crippen LogP contribution in [0.25, 0.3) is 0 Å². The highest BCUT2D eigenvalue weighted by molar-refractivity contribution is 5.25. The Morgan fingerprint density at radius 3 is 2.46 bits per heavy atom. The lowest BCUT2D eigenvalue weighted by Gasteiger charge is -2.34. The van der Waals surface area contributed by atoms with Gasteiger partial charge in [0.1, 0.15) is 0 Å². The molecular weight excluding hydrogens is 304 g/mol. The van der Waals surface area contributed by atoms with Gasteiger partial charge < -0.3 is 4.52 Å². The largest absolute Gasteiger partial charge is 0.339 e. The van der Waals surface area contributed by atoms with E-state index in [0.29, 0.717) is 0 Å². The topological polar surface area (TPSA) is 63.2 Å². The number of nitrogens with zero attached hydrogens (tertiary/aromatic N) is 6. The third kappa shape index (κ3) is 3.37. The number of hydrogen-bond acceptors (Lipinski definition) is 6. The number of rotatable bonds is 6. The molecule has 0 amide bonds. The maximum Gasteiger partial charge on any atom is 0.226 e. The van der Waals surface area contributed by atoms with Gasteiger partial charge in [0.05, 0.1) is 12.7 Å². The van der Waals surface area contributed by atoms with Gasteiger partial charge in [0.25, 0.3) is 0 Å². The first-order chi connectivity index (χ1) is 11.7. The fourth-order valence-electron chi connectivity index (χ4n) is 3.54. The molecule has 7 nitrogen and oxygen atoms in total. The fourth-order valence-corrected chi connectivity index (χ4v) is 3.54. The van der Waals surface area contributed by atoms with Gasteiger partial charge in [-0.2, -0.15) is 10.1 Å². The van der Waals surface area contributed by atoms with Crippen LogP contribution < -0.4 is 0 Å². The zero-order chi connectivity index (χ0) is 16.5. The molecule has 0 aromatic carbocycles. The van der Waals surface area contributed by atoms with E-state index in [1.54, 1.807) is 0 Å². The van der Waals surface area contributed by atoms with E-state index in [9.17, 15) is 0 Å². The predicted octanol–water partition coefficient (Wildman–Crippen LogP) is 1.56. The Labute approximate surface area is 142 Å². The summed E-state index contributed by atoms with van der Waals surface area (Å²) in [6.07, 6.45) is 5.51. The Morgan fingerprint density at radius 2 is 1.83 bits per heavy atom. The SMILES string of the molecule is CCc1nc(CN2CCN(Cc3cnn(C)c3C3CC3)CC2)no1. The van der Waals surface area contributed by atoms with Crippen molar-refractivity contribution >= 4 is 0 Å². The van der Waals surface area contributed by atoms with Crippen LogP contribution in [-0.2, 0) is 26.6 Å². The minimum absolute atomic E-state index is 0.729. The van der Waals surface area contributed by atoms with Crippen molar-refractivity contribution < 1.29 is 4.52 Å². The Hall–Kier alpha value is -1.73. The van der Waals surface area contributed by atoms with Crippen molar-refractivity contribution in [2.24, 2.45) is 7.05 Å². The summed E-state index contributed by atoms with van der Waals surface area (Å²) in [7, 11) is 2.07. The quantitative estimate of drug-likeness (QED) is 0.801. The maximum absolute atomic E-state index is 5.19. The van der Waals surface area contributed by atoms with E-state index in [4.69, 9.17) is 4.52 Å². The Bertz CT molecular complexity index is 681. The molecule has 1 aliphatic heterocycles. The van der Waals surface area contributed by atoms with E-state index in [-0.39, 0.29) is 0 Å². The monoisotopic (exact) mass is 330 g/mol. The molecule has 0 radical (unpaired) electrons. The van der Waals surface area contributed by atoms with E-state index >= 15 is 0 Å². The molecule has 1 saturated carbocycles. The van der Waals surface area contributed by atoms with Crippen LogP contribution in [-0.4, -0.2) is 55.9 Å². The predicted molar refractivity (Wildman–Crippen MR) is 89.4 cm³/mol. The van der Waals surface area contributed by atoms with Crippen LogP contribution in [0.15, 0.2) is 10.7 Å². The summed E-state index contributed by atoms with van der Waals surface area (Å²) in [5, 5.41) is 8.53. The van der Waals surface area contributed by atoms with Gasteiger partial charge in [-0.05, 0) is 12.8 Å². The fraction of sp³-hybridized carbons (Fsp3) is 0.706. The summed E-state index contributed by atoms with van der Waals surface area (Å²) in [5.74, 6) is 2.29. The third-order valence-electron chi connectivity index (χ3n) is 5.06. The first-order valence-electron chi connectivity index (χ1n) is 9.00. The molecule has 2 aromatic heterocycles. The molecule has 24 heavy (non-hydrogen) atoms. The normalized spacial score (nSPS) is 19.9. The second kappa shape index (κ2) is 6.64. The molecule has 2 aromatic rings. The van der Waals surface area contributed by atoms with Crippen molar-refractivity contribution in [1.82, 2.24) is 29.7 Å². The van der Waals surface area contributed by atoms with Crippen molar-refractivity contribution in [2.75, 3.05) is 26.2 Å². The summed E-state index contributed by atoms with van der Waals surface area (Å²) in [4.78, 5) is 9.35. The standard InChI is InChI=1S/C17H26N6O/c1-3-16-19-15(20-24-16)12-23-8-6-22(7-9-23)11-14-10-18-21(2)17(14)13-4-5-13/h10,13H,3-9,11-12H2,1-2H3. The second-order valence-corrected chi connectivity index (χ2v) is 6.96. The minimum Gasteiger partial charge on any atom is -0.339 e. The molecule has 0 unspecified atom stereocenters. The van der Waals surface area contributed by atoms with Crippen molar-refractivity contribution in [2.45, 2.75) is 45.2 Å². The highest BCUT2D eigenvalue weighted by Crippen LogP contribution is 2.41. The second-order valence-electron chi connectivity index (χ2n) is 6.96. The Kier molecular flexibility index (Phi) is 4.37. The van der Waals surface area contributed by atoms with Gasteiger partial charge in [-0.3, -0.25) is 14.5 Å². The molecule has 1 aliphatic carbocycles. The molecule has 0 spiro atoms. The van der Waals surface area contributed by atoms with Crippen molar-refractivity contribution in [3.8, 4) is 0 Å². The van der Waals surface area contributed by atoms with Crippen molar-refractivity contribution in [3.63, 3.8) is 0 Å². The first-order valence-corrected chi connectivity index (χ1v) is 9.00. The van der Waals surface area contributed by atoms with E-state index in [2.05, 4.69) is 43.0 Å². The number of aromatic nitrogens is 4. The molecular formula is C17H26N6O. The van der Waals surface area contributed by atoms with Gasteiger partial charge in [-0.25, -0.2) is 0 Å². The Balaban J connectivity index is 1.30. The molecule has 0 bridgehead atoms. The van der Waals surface area contributed by atoms with Crippen LogP contribution >= 0.6 is 0 Å². The van der Waals surface area contributed by atoms with Crippen LogP contribution in [0.2, 0.25) is 0 Å². The number of aryl methyl sites for hydroxylation is 2.